The van der Waals surface area contributed by atoms with E-state index in [0.29, 0.717) is 23.0 Å². The summed E-state index contributed by atoms with van der Waals surface area (Å²) >= 11 is 0. The van der Waals surface area contributed by atoms with Crippen LogP contribution in [0.25, 0.3) is 78.3 Å². The number of benzene rings is 9. The van der Waals surface area contributed by atoms with Crippen molar-refractivity contribution >= 4 is 10.8 Å². The van der Waals surface area contributed by atoms with Crippen molar-refractivity contribution in [2.75, 3.05) is 0 Å². The number of ether oxygens (including phenoxy) is 1. The first-order valence-electron chi connectivity index (χ1n) is 20.7. The third-order valence-electron chi connectivity index (χ3n) is 12.5. The van der Waals surface area contributed by atoms with Gasteiger partial charge < -0.3 is 4.74 Å². The van der Waals surface area contributed by atoms with Gasteiger partial charge in [0.2, 0.25) is 0 Å². The van der Waals surface area contributed by atoms with E-state index in [-0.39, 0.29) is 0 Å². The van der Waals surface area contributed by atoms with Crippen LogP contribution in [-0.2, 0) is 5.41 Å². The monoisotopic (exact) mass is 790 g/mol. The van der Waals surface area contributed by atoms with Crippen LogP contribution in [0.4, 0.5) is 0 Å². The van der Waals surface area contributed by atoms with Crippen molar-refractivity contribution in [3.05, 3.63) is 234 Å². The second-order valence-corrected chi connectivity index (χ2v) is 15.8. The van der Waals surface area contributed by atoms with Crippen LogP contribution in [-0.4, -0.2) is 15.0 Å². The van der Waals surface area contributed by atoms with E-state index in [4.69, 9.17) is 19.7 Å². The second-order valence-electron chi connectivity index (χ2n) is 15.8. The number of aromatic nitrogens is 3. The summed E-state index contributed by atoms with van der Waals surface area (Å²) in [6.45, 7) is 0. The standard InChI is InChI=1S/C57H34N4O/c58-35-42-27-30-44(45-18-8-7-17-43(42)45)41-29-32-49-47(34-41)46-33-40(28-31-48(46)57(49)50-19-9-11-21-52(50)62-53-22-12-10-20-51(53)57)36-23-25-39(26-24-36)56-60-54(37-13-3-1-4-14-37)59-55(61-56)38-15-5-2-6-16-38/h1-34H. The van der Waals surface area contributed by atoms with E-state index in [9.17, 15) is 5.26 Å². The molecular formula is C57H34N4O. The van der Waals surface area contributed by atoms with Crippen molar-refractivity contribution in [3.8, 4) is 85.1 Å². The maximum Gasteiger partial charge on any atom is 0.164 e. The van der Waals surface area contributed by atoms with Crippen LogP contribution < -0.4 is 4.74 Å². The van der Waals surface area contributed by atoms with Gasteiger partial charge in [-0.05, 0) is 80.2 Å². The molecule has 2 heterocycles. The molecular weight excluding hydrogens is 757 g/mol. The summed E-state index contributed by atoms with van der Waals surface area (Å²) in [6.07, 6.45) is 0. The van der Waals surface area contributed by atoms with Gasteiger partial charge in [-0.1, -0.05) is 176 Å². The molecule has 10 aromatic rings. The van der Waals surface area contributed by atoms with Gasteiger partial charge in [-0.25, -0.2) is 15.0 Å². The highest BCUT2D eigenvalue weighted by Crippen LogP contribution is 2.62. The topological polar surface area (TPSA) is 71.7 Å². The van der Waals surface area contributed by atoms with Crippen LogP contribution in [0.5, 0.6) is 11.5 Å². The molecule has 1 aromatic heterocycles. The summed E-state index contributed by atoms with van der Waals surface area (Å²) in [7, 11) is 0. The number of nitriles is 1. The minimum absolute atomic E-state index is 0.602. The van der Waals surface area contributed by atoms with Gasteiger partial charge in [0.1, 0.15) is 11.5 Å². The number of para-hydroxylation sites is 2. The Kier molecular flexibility index (Phi) is 8.06. The lowest BCUT2D eigenvalue weighted by Gasteiger charge is -2.39. The van der Waals surface area contributed by atoms with Crippen molar-refractivity contribution in [1.82, 2.24) is 15.0 Å². The first kappa shape index (κ1) is 35.5. The third-order valence-corrected chi connectivity index (χ3v) is 12.5. The van der Waals surface area contributed by atoms with Crippen LogP contribution in [0.15, 0.2) is 206 Å². The Bertz CT molecular complexity index is 3340. The molecule has 288 valence electrons. The summed E-state index contributed by atoms with van der Waals surface area (Å²) in [5, 5.41) is 12.0. The number of hydrogen-bond acceptors (Lipinski definition) is 5. The number of rotatable bonds is 5. The first-order valence-corrected chi connectivity index (χ1v) is 20.7. The molecule has 0 atom stereocenters. The van der Waals surface area contributed by atoms with Gasteiger partial charge in [0.15, 0.2) is 17.5 Å². The summed E-state index contributed by atoms with van der Waals surface area (Å²) < 4.78 is 6.62. The Morgan fingerprint density at radius 2 is 0.806 bits per heavy atom. The van der Waals surface area contributed by atoms with Gasteiger partial charge in [0.25, 0.3) is 0 Å². The molecule has 5 nitrogen and oxygen atoms in total. The van der Waals surface area contributed by atoms with Crippen molar-refractivity contribution in [2.45, 2.75) is 5.41 Å². The minimum atomic E-state index is -0.602. The van der Waals surface area contributed by atoms with Crippen molar-refractivity contribution < 1.29 is 4.74 Å². The van der Waals surface area contributed by atoms with Crippen molar-refractivity contribution in [3.63, 3.8) is 0 Å². The number of nitrogens with zero attached hydrogens (tertiary/aromatic N) is 4. The lowest BCUT2D eigenvalue weighted by atomic mass is 9.66. The highest BCUT2D eigenvalue weighted by molar-refractivity contribution is 6.01. The zero-order chi connectivity index (χ0) is 41.2. The third kappa shape index (κ3) is 5.44. The Balaban J connectivity index is 1.03. The highest BCUT2D eigenvalue weighted by Gasteiger charge is 2.51. The lowest BCUT2D eigenvalue weighted by Crippen LogP contribution is -2.32. The molecule has 0 amide bonds. The van der Waals surface area contributed by atoms with Gasteiger partial charge in [0.05, 0.1) is 17.0 Å². The predicted molar refractivity (Wildman–Crippen MR) is 247 cm³/mol. The lowest BCUT2D eigenvalue weighted by molar-refractivity contribution is 0.436. The molecule has 0 saturated carbocycles. The molecule has 1 aliphatic carbocycles. The Hall–Kier alpha value is -8.46. The molecule has 0 unspecified atom stereocenters. The van der Waals surface area contributed by atoms with Gasteiger partial charge in [-0.2, -0.15) is 5.26 Å². The molecule has 5 heteroatoms. The van der Waals surface area contributed by atoms with E-state index in [1.165, 1.54) is 22.3 Å². The molecule has 0 fully saturated rings. The molecule has 1 spiro atoms. The smallest absolute Gasteiger partial charge is 0.164 e. The molecule has 12 rings (SSSR count). The zero-order valence-electron chi connectivity index (χ0n) is 33.3. The van der Waals surface area contributed by atoms with E-state index < -0.39 is 5.41 Å². The average Bonchev–Trinajstić information content (AvgIpc) is 3.63. The second kappa shape index (κ2) is 14.1. The molecule has 62 heavy (non-hydrogen) atoms. The number of hydrogen-bond donors (Lipinski definition) is 0. The molecule has 0 saturated heterocycles. The van der Waals surface area contributed by atoms with Crippen molar-refractivity contribution in [2.24, 2.45) is 0 Å². The summed E-state index contributed by atoms with van der Waals surface area (Å²) in [5.41, 5.74) is 14.2. The van der Waals surface area contributed by atoms with Gasteiger partial charge >= 0.3 is 0 Å². The van der Waals surface area contributed by atoms with Crippen LogP contribution in [0, 0.1) is 11.3 Å². The fourth-order valence-electron chi connectivity index (χ4n) is 9.65. The molecule has 0 radical (unpaired) electrons. The van der Waals surface area contributed by atoms with Crippen LogP contribution in [0.2, 0.25) is 0 Å². The van der Waals surface area contributed by atoms with Gasteiger partial charge in [0, 0.05) is 33.2 Å². The van der Waals surface area contributed by atoms with Crippen LogP contribution in [0.3, 0.4) is 0 Å². The molecule has 0 N–H and O–H groups in total. The van der Waals surface area contributed by atoms with Gasteiger partial charge in [-0.15, -0.1) is 0 Å². The summed E-state index contributed by atoms with van der Waals surface area (Å²) in [5.74, 6) is 3.60. The van der Waals surface area contributed by atoms with E-state index in [1.54, 1.807) is 0 Å². The maximum absolute atomic E-state index is 9.97. The average molecular weight is 791 g/mol. The van der Waals surface area contributed by atoms with E-state index in [2.05, 4.69) is 115 Å². The van der Waals surface area contributed by atoms with Crippen LogP contribution >= 0.6 is 0 Å². The zero-order valence-corrected chi connectivity index (χ0v) is 33.3. The quantitative estimate of drug-likeness (QED) is 0.174. The predicted octanol–water partition coefficient (Wildman–Crippen LogP) is 13.7. The molecule has 9 aromatic carbocycles. The molecule has 0 bridgehead atoms. The van der Waals surface area contributed by atoms with E-state index in [0.717, 1.165) is 72.3 Å². The Labute approximate surface area is 358 Å². The SMILES string of the molecule is N#Cc1ccc(-c2ccc3c(c2)-c2cc(-c4ccc(-c5nc(-c6ccccc6)nc(-c6ccccc6)n5)cc4)ccc2C32c3ccccc3Oc3ccccc32)c2ccccc12. The Morgan fingerprint density at radius 1 is 0.355 bits per heavy atom. The summed E-state index contributed by atoms with van der Waals surface area (Å²) in [6, 6.07) is 74.0. The molecule has 1 aliphatic heterocycles. The van der Waals surface area contributed by atoms with E-state index >= 15 is 0 Å². The number of fused-ring (bicyclic) bond motifs is 10. The fourth-order valence-corrected chi connectivity index (χ4v) is 9.65. The largest absolute Gasteiger partial charge is 0.457 e. The fraction of sp³-hybridized carbons (Fsp3) is 0.0175. The van der Waals surface area contributed by atoms with Crippen molar-refractivity contribution in [1.29, 1.82) is 5.26 Å². The van der Waals surface area contributed by atoms with Crippen LogP contribution in [0.1, 0.15) is 27.8 Å². The van der Waals surface area contributed by atoms with E-state index in [1.807, 2.05) is 97.1 Å². The summed E-state index contributed by atoms with van der Waals surface area (Å²) in [4.78, 5) is 14.8. The Morgan fingerprint density at radius 3 is 1.39 bits per heavy atom. The first-order chi connectivity index (χ1) is 30.7. The highest BCUT2D eigenvalue weighted by atomic mass is 16.5. The molecule has 2 aliphatic rings. The normalized spacial score (nSPS) is 12.8. The maximum atomic E-state index is 9.97. The van der Waals surface area contributed by atoms with Gasteiger partial charge in [-0.3, -0.25) is 0 Å². The minimum Gasteiger partial charge on any atom is -0.457 e.